The van der Waals surface area contributed by atoms with Gasteiger partial charge < -0.3 is 14.6 Å². The zero-order chi connectivity index (χ0) is 16.1. The molecule has 1 N–H and O–H groups in total. The lowest BCUT2D eigenvalue weighted by atomic mass is 10.0. The van der Waals surface area contributed by atoms with Gasteiger partial charge in [-0.3, -0.25) is 0 Å². The predicted molar refractivity (Wildman–Crippen MR) is 88.0 cm³/mol. The van der Waals surface area contributed by atoms with Crippen LogP contribution in [0, 0.1) is 0 Å². The van der Waals surface area contributed by atoms with Crippen molar-refractivity contribution >= 4 is 38.4 Å². The summed E-state index contributed by atoms with van der Waals surface area (Å²) in [4.78, 5) is 24.6. The van der Waals surface area contributed by atoms with E-state index in [1.54, 1.807) is 26.0 Å². The average molecular weight is 340 g/mol. The van der Waals surface area contributed by atoms with E-state index in [1.807, 2.05) is 0 Å². The van der Waals surface area contributed by atoms with E-state index < -0.39 is 11.9 Å². The summed E-state index contributed by atoms with van der Waals surface area (Å²) in [6, 6.07) is 4.68. The summed E-state index contributed by atoms with van der Waals surface area (Å²) in [6.45, 7) is 3.92. The topological polar surface area (TPSA) is 72.8 Å². The first-order valence-electron chi connectivity index (χ1n) is 6.78. The molecule has 118 valence electrons. The van der Waals surface area contributed by atoms with Gasteiger partial charge in [-0.05, 0) is 26.0 Å². The standard InChI is InChI=1S/C15H16O5S2/c1-3-19-14(17)9-5-6-10(13-12(16)8-21-22-13)11(7-9)15(18)20-4-2/h5-7,16H,3-4,8H2,1-2H3. The monoisotopic (exact) mass is 340 g/mol. The van der Waals surface area contributed by atoms with Crippen LogP contribution in [0.25, 0.3) is 4.91 Å². The molecule has 1 aliphatic rings. The molecule has 1 heterocycles. The Morgan fingerprint density at radius 2 is 1.86 bits per heavy atom. The van der Waals surface area contributed by atoms with E-state index in [0.717, 1.165) is 0 Å². The van der Waals surface area contributed by atoms with E-state index >= 15 is 0 Å². The molecule has 0 fully saturated rings. The van der Waals surface area contributed by atoms with E-state index in [2.05, 4.69) is 0 Å². The van der Waals surface area contributed by atoms with Gasteiger partial charge in [-0.1, -0.05) is 27.7 Å². The lowest BCUT2D eigenvalue weighted by molar-refractivity contribution is 0.0525. The van der Waals surface area contributed by atoms with E-state index in [1.165, 1.54) is 27.7 Å². The molecule has 2 rings (SSSR count). The Kier molecular flexibility index (Phi) is 5.79. The first-order chi connectivity index (χ1) is 10.6. The van der Waals surface area contributed by atoms with Crippen LogP contribution in [0.5, 0.6) is 0 Å². The zero-order valence-electron chi connectivity index (χ0n) is 12.3. The largest absolute Gasteiger partial charge is 0.510 e. The minimum Gasteiger partial charge on any atom is -0.510 e. The van der Waals surface area contributed by atoms with Gasteiger partial charge >= 0.3 is 11.9 Å². The highest BCUT2D eigenvalue weighted by Crippen LogP contribution is 2.47. The molecule has 0 atom stereocenters. The van der Waals surface area contributed by atoms with Crippen LogP contribution in [0.1, 0.15) is 40.1 Å². The van der Waals surface area contributed by atoms with Crippen molar-refractivity contribution in [3.05, 3.63) is 40.6 Å². The number of ether oxygens (including phenoxy) is 2. The Labute approximate surface area is 136 Å². The maximum absolute atomic E-state index is 12.2. The smallest absolute Gasteiger partial charge is 0.338 e. The minimum absolute atomic E-state index is 0.226. The molecular formula is C15H16O5S2. The van der Waals surface area contributed by atoms with Crippen LogP contribution in [-0.2, 0) is 9.47 Å². The lowest BCUT2D eigenvalue weighted by Gasteiger charge is -2.11. The number of carbonyl (C=O) groups excluding carboxylic acids is 2. The molecule has 0 amide bonds. The molecule has 0 aromatic heterocycles. The Morgan fingerprint density at radius 1 is 1.18 bits per heavy atom. The van der Waals surface area contributed by atoms with Crippen molar-refractivity contribution in [1.29, 1.82) is 0 Å². The van der Waals surface area contributed by atoms with Crippen molar-refractivity contribution in [2.24, 2.45) is 0 Å². The molecule has 7 heteroatoms. The van der Waals surface area contributed by atoms with Crippen molar-refractivity contribution in [1.82, 2.24) is 0 Å². The van der Waals surface area contributed by atoms with Gasteiger partial charge in [-0.15, -0.1) is 0 Å². The third kappa shape index (κ3) is 3.59. The maximum Gasteiger partial charge on any atom is 0.338 e. The Hall–Kier alpha value is -1.60. The molecule has 0 saturated heterocycles. The van der Waals surface area contributed by atoms with Crippen LogP contribution >= 0.6 is 21.6 Å². The Morgan fingerprint density at radius 3 is 2.45 bits per heavy atom. The third-order valence-corrected chi connectivity index (χ3v) is 5.21. The number of hydrogen-bond acceptors (Lipinski definition) is 7. The molecule has 1 aliphatic heterocycles. The molecule has 0 unspecified atom stereocenters. The van der Waals surface area contributed by atoms with Crippen LogP contribution in [0.3, 0.4) is 0 Å². The third-order valence-electron chi connectivity index (χ3n) is 2.87. The number of aliphatic hydroxyl groups excluding tert-OH is 1. The number of esters is 2. The quantitative estimate of drug-likeness (QED) is 0.647. The lowest BCUT2D eigenvalue weighted by Crippen LogP contribution is -2.11. The highest BCUT2D eigenvalue weighted by molar-refractivity contribution is 8.80. The normalized spacial score (nSPS) is 14.1. The summed E-state index contributed by atoms with van der Waals surface area (Å²) in [5.74, 6) is -0.306. The average Bonchev–Trinajstić information content (AvgIpc) is 2.93. The second-order valence-electron chi connectivity index (χ2n) is 4.32. The van der Waals surface area contributed by atoms with Gasteiger partial charge in [-0.2, -0.15) is 0 Å². The van der Waals surface area contributed by atoms with Crippen molar-refractivity contribution < 1.29 is 24.2 Å². The van der Waals surface area contributed by atoms with Gasteiger partial charge in [0, 0.05) is 5.56 Å². The van der Waals surface area contributed by atoms with Gasteiger partial charge in [-0.25, -0.2) is 9.59 Å². The van der Waals surface area contributed by atoms with Crippen LogP contribution in [-0.4, -0.2) is 36.0 Å². The SMILES string of the molecule is CCOC(=O)c1ccc(C2=C(O)CSS2)c(C(=O)OCC)c1. The number of rotatable bonds is 5. The Bertz CT molecular complexity index is 624. The van der Waals surface area contributed by atoms with Crippen molar-refractivity contribution in [2.75, 3.05) is 19.0 Å². The van der Waals surface area contributed by atoms with Crippen molar-refractivity contribution in [2.45, 2.75) is 13.8 Å². The number of aliphatic hydroxyl groups is 1. The molecule has 5 nitrogen and oxygen atoms in total. The fraction of sp³-hybridized carbons (Fsp3) is 0.333. The van der Waals surface area contributed by atoms with Gasteiger partial charge in [0.25, 0.3) is 0 Å². The Balaban J connectivity index is 2.47. The van der Waals surface area contributed by atoms with Gasteiger partial charge in [0.1, 0.15) is 5.76 Å². The summed E-state index contributed by atoms with van der Waals surface area (Å²) in [6.07, 6.45) is 0. The first-order valence-corrected chi connectivity index (χ1v) is 9.10. The van der Waals surface area contributed by atoms with Crippen LogP contribution in [0.2, 0.25) is 0 Å². The molecular weight excluding hydrogens is 324 g/mol. The summed E-state index contributed by atoms with van der Waals surface area (Å²) >= 11 is 0. The molecule has 0 bridgehead atoms. The molecule has 22 heavy (non-hydrogen) atoms. The molecule has 1 aromatic rings. The molecule has 0 aliphatic carbocycles. The van der Waals surface area contributed by atoms with Gasteiger partial charge in [0.2, 0.25) is 0 Å². The molecule has 0 spiro atoms. The van der Waals surface area contributed by atoms with Gasteiger partial charge in [0.15, 0.2) is 0 Å². The van der Waals surface area contributed by atoms with E-state index in [9.17, 15) is 14.7 Å². The minimum atomic E-state index is -0.526. The van der Waals surface area contributed by atoms with Gasteiger partial charge in [0.05, 0.1) is 35.0 Å². The van der Waals surface area contributed by atoms with E-state index in [0.29, 0.717) is 16.2 Å². The van der Waals surface area contributed by atoms with Crippen LogP contribution in [0.15, 0.2) is 24.0 Å². The highest BCUT2D eigenvalue weighted by Gasteiger charge is 2.24. The fourth-order valence-electron chi connectivity index (χ4n) is 1.92. The molecule has 0 radical (unpaired) electrons. The maximum atomic E-state index is 12.2. The number of hydrogen-bond donors (Lipinski definition) is 1. The summed E-state index contributed by atoms with van der Waals surface area (Å²) in [5.41, 5.74) is 1.10. The van der Waals surface area contributed by atoms with E-state index in [-0.39, 0.29) is 30.1 Å². The fourth-order valence-corrected chi connectivity index (χ4v) is 4.30. The molecule has 0 saturated carbocycles. The number of benzene rings is 1. The van der Waals surface area contributed by atoms with Crippen LogP contribution in [0.4, 0.5) is 0 Å². The van der Waals surface area contributed by atoms with Crippen molar-refractivity contribution in [3.8, 4) is 0 Å². The van der Waals surface area contributed by atoms with Crippen LogP contribution < -0.4 is 0 Å². The zero-order valence-corrected chi connectivity index (χ0v) is 13.9. The van der Waals surface area contributed by atoms with Crippen molar-refractivity contribution in [3.63, 3.8) is 0 Å². The predicted octanol–water partition coefficient (Wildman–Crippen LogP) is 3.66. The summed E-state index contributed by atoms with van der Waals surface area (Å²) < 4.78 is 9.99. The summed E-state index contributed by atoms with van der Waals surface area (Å²) in [7, 11) is 2.89. The second-order valence-corrected chi connectivity index (χ2v) is 6.63. The first kappa shape index (κ1) is 16.8. The molecule has 1 aromatic carbocycles. The van der Waals surface area contributed by atoms with E-state index in [4.69, 9.17) is 9.47 Å². The number of carbonyl (C=O) groups is 2. The highest BCUT2D eigenvalue weighted by atomic mass is 33.1. The second kappa shape index (κ2) is 7.60. The summed E-state index contributed by atoms with van der Waals surface area (Å²) in [5, 5.41) is 9.94.